The lowest BCUT2D eigenvalue weighted by Gasteiger charge is -2.16. The van der Waals surface area contributed by atoms with E-state index in [0.717, 1.165) is 11.3 Å². The zero-order valence-electron chi connectivity index (χ0n) is 21.0. The van der Waals surface area contributed by atoms with Crippen LogP contribution < -0.4 is 15.0 Å². The highest BCUT2D eigenvalue weighted by atomic mass is 16.5. The van der Waals surface area contributed by atoms with Gasteiger partial charge in [0.05, 0.1) is 17.9 Å². The third-order valence-electron chi connectivity index (χ3n) is 5.95. The SMILES string of the molecule is Cc1ccc(C2=C(Nc3ccc(C(C)C)cc3)C(=O)N(c3ccc(OCC(C)C)cc3)C2=O)cc1. The molecule has 0 bridgehead atoms. The first-order chi connectivity index (χ1) is 16.7. The first-order valence-electron chi connectivity index (χ1n) is 12.0. The largest absolute Gasteiger partial charge is 0.493 e. The van der Waals surface area contributed by atoms with Crippen molar-refractivity contribution in [3.8, 4) is 5.75 Å². The Bertz CT molecular complexity index is 1240. The van der Waals surface area contributed by atoms with Crippen molar-refractivity contribution in [3.05, 3.63) is 95.2 Å². The second-order valence-corrected chi connectivity index (χ2v) is 9.66. The number of hydrogen-bond donors (Lipinski definition) is 1. The summed E-state index contributed by atoms with van der Waals surface area (Å²) in [6.45, 7) is 11.0. The standard InChI is InChI=1S/C30H32N2O3/c1-19(2)18-35-26-16-14-25(15-17-26)32-29(33)27(23-8-6-21(5)7-9-23)28(30(32)34)31-24-12-10-22(11-13-24)20(3)4/h6-17,19-20,31H,18H2,1-5H3. The number of hydrogen-bond acceptors (Lipinski definition) is 4. The summed E-state index contributed by atoms with van der Waals surface area (Å²) in [5, 5.41) is 3.24. The Morgan fingerprint density at radius 1 is 0.800 bits per heavy atom. The van der Waals surface area contributed by atoms with Crippen LogP contribution in [0.25, 0.3) is 5.57 Å². The van der Waals surface area contributed by atoms with Crippen LogP contribution in [0.4, 0.5) is 11.4 Å². The van der Waals surface area contributed by atoms with Crippen LogP contribution in [0.3, 0.4) is 0 Å². The Kier molecular flexibility index (Phi) is 7.06. The highest BCUT2D eigenvalue weighted by molar-refractivity contribution is 6.46. The van der Waals surface area contributed by atoms with Crippen molar-refractivity contribution in [3.63, 3.8) is 0 Å². The molecule has 4 rings (SSSR count). The Labute approximate surface area is 207 Å². The van der Waals surface area contributed by atoms with Crippen LogP contribution in [-0.4, -0.2) is 18.4 Å². The molecule has 1 aliphatic heterocycles. The molecular weight excluding hydrogens is 436 g/mol. The summed E-state index contributed by atoms with van der Waals surface area (Å²) in [6, 6.07) is 22.7. The van der Waals surface area contributed by atoms with Gasteiger partial charge in [-0.25, -0.2) is 4.90 Å². The van der Waals surface area contributed by atoms with Gasteiger partial charge in [-0.1, -0.05) is 69.7 Å². The molecule has 1 heterocycles. The van der Waals surface area contributed by atoms with Crippen LogP contribution in [0.1, 0.15) is 50.3 Å². The van der Waals surface area contributed by atoms with Gasteiger partial charge in [0.15, 0.2) is 0 Å². The van der Waals surface area contributed by atoms with Crippen LogP contribution in [0.5, 0.6) is 5.75 Å². The highest BCUT2D eigenvalue weighted by Crippen LogP contribution is 2.34. The number of carbonyl (C=O) groups is 2. The van der Waals surface area contributed by atoms with Gasteiger partial charge < -0.3 is 10.1 Å². The lowest BCUT2D eigenvalue weighted by Crippen LogP contribution is -2.32. The first kappa shape index (κ1) is 24.3. The molecule has 0 saturated heterocycles. The van der Waals surface area contributed by atoms with Crippen LogP contribution in [0, 0.1) is 12.8 Å². The summed E-state index contributed by atoms with van der Waals surface area (Å²) in [5.74, 6) is 0.784. The molecule has 1 N–H and O–H groups in total. The van der Waals surface area contributed by atoms with Crippen LogP contribution in [0.15, 0.2) is 78.5 Å². The minimum atomic E-state index is -0.380. The van der Waals surface area contributed by atoms with Gasteiger partial charge in [0.25, 0.3) is 11.8 Å². The predicted molar refractivity (Wildman–Crippen MR) is 142 cm³/mol. The summed E-state index contributed by atoms with van der Waals surface area (Å²) < 4.78 is 5.76. The third kappa shape index (κ3) is 5.29. The summed E-state index contributed by atoms with van der Waals surface area (Å²) in [6.07, 6.45) is 0. The van der Waals surface area contributed by atoms with E-state index in [0.29, 0.717) is 41.0 Å². The van der Waals surface area contributed by atoms with Gasteiger partial charge in [0.2, 0.25) is 0 Å². The molecule has 2 amide bonds. The molecular formula is C30H32N2O3. The van der Waals surface area contributed by atoms with E-state index in [1.807, 2.05) is 55.5 Å². The van der Waals surface area contributed by atoms with Crippen molar-refractivity contribution < 1.29 is 14.3 Å². The summed E-state index contributed by atoms with van der Waals surface area (Å²) in [4.78, 5) is 28.5. The maximum absolute atomic E-state index is 13.6. The van der Waals surface area contributed by atoms with Crippen molar-refractivity contribution >= 4 is 28.8 Å². The molecule has 0 radical (unpaired) electrons. The molecule has 5 heteroatoms. The van der Waals surface area contributed by atoms with E-state index in [9.17, 15) is 9.59 Å². The zero-order chi connectivity index (χ0) is 25.1. The number of nitrogens with zero attached hydrogens (tertiary/aromatic N) is 1. The normalized spacial score (nSPS) is 13.9. The Morgan fingerprint density at radius 3 is 2.00 bits per heavy atom. The van der Waals surface area contributed by atoms with Gasteiger partial charge in [-0.3, -0.25) is 9.59 Å². The fourth-order valence-corrected chi connectivity index (χ4v) is 3.92. The lowest BCUT2D eigenvalue weighted by atomic mass is 10.0. The summed E-state index contributed by atoms with van der Waals surface area (Å²) >= 11 is 0. The minimum Gasteiger partial charge on any atom is -0.493 e. The highest BCUT2D eigenvalue weighted by Gasteiger charge is 2.40. The molecule has 3 aromatic rings. The fraction of sp³-hybridized carbons (Fsp3) is 0.267. The Hall–Kier alpha value is -3.86. The van der Waals surface area contributed by atoms with E-state index in [1.54, 1.807) is 24.3 Å². The van der Waals surface area contributed by atoms with Crippen molar-refractivity contribution in [2.24, 2.45) is 5.92 Å². The molecule has 0 saturated carbocycles. The molecule has 3 aromatic carbocycles. The number of ether oxygens (including phenoxy) is 1. The summed E-state index contributed by atoms with van der Waals surface area (Å²) in [5.41, 5.74) is 4.90. The monoisotopic (exact) mass is 468 g/mol. The third-order valence-corrected chi connectivity index (χ3v) is 5.95. The smallest absolute Gasteiger partial charge is 0.282 e. The van der Waals surface area contributed by atoms with E-state index in [4.69, 9.17) is 4.74 Å². The lowest BCUT2D eigenvalue weighted by molar-refractivity contribution is -0.120. The first-order valence-corrected chi connectivity index (χ1v) is 12.0. The number of rotatable bonds is 8. The number of carbonyl (C=O) groups excluding carboxylic acids is 2. The maximum atomic E-state index is 13.6. The summed E-state index contributed by atoms with van der Waals surface area (Å²) in [7, 11) is 0. The van der Waals surface area contributed by atoms with Crippen LogP contribution in [-0.2, 0) is 9.59 Å². The molecule has 5 nitrogen and oxygen atoms in total. The molecule has 0 aromatic heterocycles. The number of nitrogens with one attached hydrogen (secondary N) is 1. The van der Waals surface area contributed by atoms with Crippen LogP contribution in [0.2, 0.25) is 0 Å². The van der Waals surface area contributed by atoms with Crippen molar-refractivity contribution in [1.82, 2.24) is 0 Å². The average molecular weight is 469 g/mol. The van der Waals surface area contributed by atoms with E-state index in [-0.39, 0.29) is 17.5 Å². The van der Waals surface area contributed by atoms with E-state index in [1.165, 1.54) is 10.5 Å². The number of anilines is 2. The number of amides is 2. The van der Waals surface area contributed by atoms with Gasteiger partial charge in [-0.05, 0) is 66.3 Å². The van der Waals surface area contributed by atoms with Gasteiger partial charge in [-0.15, -0.1) is 0 Å². The van der Waals surface area contributed by atoms with E-state index >= 15 is 0 Å². The molecule has 180 valence electrons. The van der Waals surface area contributed by atoms with Gasteiger partial charge in [-0.2, -0.15) is 0 Å². The van der Waals surface area contributed by atoms with Crippen molar-refractivity contribution in [1.29, 1.82) is 0 Å². The Balaban J connectivity index is 1.68. The van der Waals surface area contributed by atoms with Crippen LogP contribution >= 0.6 is 0 Å². The topological polar surface area (TPSA) is 58.6 Å². The molecule has 0 spiro atoms. The van der Waals surface area contributed by atoms with E-state index in [2.05, 4.69) is 33.0 Å². The molecule has 35 heavy (non-hydrogen) atoms. The fourth-order valence-electron chi connectivity index (χ4n) is 3.92. The van der Waals surface area contributed by atoms with Gasteiger partial charge >= 0.3 is 0 Å². The van der Waals surface area contributed by atoms with Gasteiger partial charge in [0.1, 0.15) is 11.4 Å². The molecule has 0 unspecified atom stereocenters. The maximum Gasteiger partial charge on any atom is 0.282 e. The molecule has 0 atom stereocenters. The second kappa shape index (κ2) is 10.2. The van der Waals surface area contributed by atoms with E-state index < -0.39 is 0 Å². The quantitative estimate of drug-likeness (QED) is 0.381. The molecule has 0 fully saturated rings. The number of benzene rings is 3. The number of aryl methyl sites for hydroxylation is 1. The zero-order valence-corrected chi connectivity index (χ0v) is 21.0. The predicted octanol–water partition coefficient (Wildman–Crippen LogP) is 6.55. The number of imide groups is 1. The van der Waals surface area contributed by atoms with Crippen molar-refractivity contribution in [2.75, 3.05) is 16.8 Å². The minimum absolute atomic E-state index is 0.274. The molecule has 0 aliphatic carbocycles. The second-order valence-electron chi connectivity index (χ2n) is 9.66. The van der Waals surface area contributed by atoms with Crippen molar-refractivity contribution in [2.45, 2.75) is 40.5 Å². The average Bonchev–Trinajstić information content (AvgIpc) is 3.08. The Morgan fingerprint density at radius 2 is 1.43 bits per heavy atom. The van der Waals surface area contributed by atoms with Gasteiger partial charge in [0, 0.05) is 5.69 Å². The molecule has 1 aliphatic rings.